The van der Waals surface area contributed by atoms with Gasteiger partial charge in [-0.1, -0.05) is 33.7 Å². The molecule has 0 aliphatic heterocycles. The topological polar surface area (TPSA) is 232 Å². The van der Waals surface area contributed by atoms with Gasteiger partial charge in [-0.05, 0) is 57.2 Å². The fourth-order valence-electron chi connectivity index (χ4n) is 3.93. The smallest absolute Gasteiger partial charge is 0.231 e. The summed E-state index contributed by atoms with van der Waals surface area (Å²) in [5.41, 5.74) is 16.6. The van der Waals surface area contributed by atoms with Crippen LogP contribution in [0.2, 0.25) is 0 Å². The maximum Gasteiger partial charge on any atom is 0.231 e. The molecule has 0 spiro atoms. The van der Waals surface area contributed by atoms with Crippen LogP contribution >= 0.6 is 21.6 Å². The monoisotopic (exact) mass is 640 g/mol. The van der Waals surface area contributed by atoms with Crippen molar-refractivity contribution < 1.29 is 30.4 Å². The number of phenolic OH excluding ortho intramolecular Hbond substituents is 1. The first-order valence-electron chi connectivity index (χ1n) is 14.6. The fourth-order valence-corrected chi connectivity index (χ4v) is 6.51. The number of nitrogens with one attached hydrogen (secondary N) is 3. The molecule has 13 nitrogen and oxygen atoms in total. The van der Waals surface area contributed by atoms with Gasteiger partial charge in [-0.2, -0.15) is 0 Å². The molecule has 0 aliphatic carbocycles. The summed E-state index contributed by atoms with van der Waals surface area (Å²) >= 11 is 0. The molecule has 0 aromatic heterocycles. The summed E-state index contributed by atoms with van der Waals surface area (Å²) in [6, 6.07) is 4.90. The lowest BCUT2D eigenvalue weighted by atomic mass is 9.97. The lowest BCUT2D eigenvalue weighted by Gasteiger charge is -2.22. The first-order chi connectivity index (χ1) is 20.9. The Hall–Kier alpha value is -3.14. The van der Waals surface area contributed by atoms with E-state index in [1.807, 2.05) is 0 Å². The maximum atomic E-state index is 13.2. The number of benzene rings is 1. The van der Waals surface area contributed by atoms with Gasteiger partial charge in [-0.3, -0.25) is 19.4 Å². The van der Waals surface area contributed by atoms with Crippen LogP contribution in [0.1, 0.15) is 46.4 Å². The Labute approximate surface area is 262 Å². The Morgan fingerprint density at radius 1 is 1.12 bits per heavy atom. The number of amides is 2. The number of phenols is 1. The first kappa shape index (κ1) is 36.1. The molecule has 0 radical (unpaired) electrons. The highest BCUT2D eigenvalue weighted by Gasteiger charge is 2.25. The minimum Gasteiger partial charge on any atom is -0.508 e. The summed E-state index contributed by atoms with van der Waals surface area (Å²) in [5.74, 6) is -1.65. The molecule has 4 atom stereocenters. The third kappa shape index (κ3) is 18.2. The number of nitrogens with zero attached hydrogens (tertiary/aromatic N) is 1. The Bertz CT molecular complexity index is 1090. The molecule has 240 valence electrons. The number of hydrogen-bond donors (Lipinski definition) is 7. The van der Waals surface area contributed by atoms with Crippen molar-refractivity contribution in [2.75, 3.05) is 31.9 Å². The number of aromatic hydroxyl groups is 1. The molecule has 15 heteroatoms. The summed E-state index contributed by atoms with van der Waals surface area (Å²) in [5, 5.41) is 18.4. The number of ketones is 2. The van der Waals surface area contributed by atoms with E-state index in [9.17, 15) is 29.1 Å². The molecule has 2 unspecified atom stereocenters. The molecule has 2 amide bonds. The van der Waals surface area contributed by atoms with Crippen molar-refractivity contribution in [3.05, 3.63) is 29.8 Å². The average Bonchev–Trinajstić information content (AvgIpc) is 2.97. The summed E-state index contributed by atoms with van der Waals surface area (Å²) in [7, 11) is 2.99. The Morgan fingerprint density at radius 3 is 2.44 bits per heavy atom. The normalized spacial score (nSPS) is 14.0. The molecular formula is C28H45N7O6S2. The van der Waals surface area contributed by atoms with Crippen LogP contribution in [0, 0.1) is 5.92 Å². The van der Waals surface area contributed by atoms with Crippen LogP contribution in [0.5, 0.6) is 5.75 Å². The van der Waals surface area contributed by atoms with Crippen LogP contribution in [0.4, 0.5) is 0 Å². The minimum atomic E-state index is -0.932. The van der Waals surface area contributed by atoms with Gasteiger partial charge in [0.25, 0.3) is 0 Å². The predicted molar refractivity (Wildman–Crippen MR) is 171 cm³/mol. The van der Waals surface area contributed by atoms with Gasteiger partial charge in [0.05, 0.1) is 18.6 Å². The Balaban J connectivity index is 2.75. The number of aliphatic imine (C=N–C) groups is 1. The highest BCUT2D eigenvalue weighted by Crippen LogP contribution is 2.29. The fraction of sp³-hybridized carbons (Fsp3) is 0.571. The number of rotatable bonds is 24. The zero-order valence-corrected chi connectivity index (χ0v) is 26.1. The first-order valence-corrected chi connectivity index (χ1v) is 16.2. The van der Waals surface area contributed by atoms with Crippen molar-refractivity contribution in [2.24, 2.45) is 28.1 Å². The number of guanidine groups is 1. The van der Waals surface area contributed by atoms with Gasteiger partial charge in [0, 0.05) is 44.3 Å². The molecule has 0 heterocycles. The molecular weight excluding hydrogens is 594 g/mol. The molecule has 0 aliphatic rings. The molecule has 10 N–H and O–H groups in total. The molecule has 0 fully saturated rings. The number of Topliss-reactive ketones (excluding diaryl/α,β-unsaturated/α-hetero) is 2. The summed E-state index contributed by atoms with van der Waals surface area (Å²) in [6.45, 7) is 2.18. The van der Waals surface area contributed by atoms with Crippen molar-refractivity contribution in [1.82, 2.24) is 16.0 Å². The van der Waals surface area contributed by atoms with Gasteiger partial charge in [0.2, 0.25) is 11.8 Å². The van der Waals surface area contributed by atoms with Crippen LogP contribution in [-0.2, 0) is 30.4 Å². The van der Waals surface area contributed by atoms with Crippen molar-refractivity contribution in [1.29, 1.82) is 0 Å². The number of primary amides is 1. The zero-order valence-electron chi connectivity index (χ0n) is 25.5. The minimum absolute atomic E-state index is 0.000554. The van der Waals surface area contributed by atoms with E-state index in [0.29, 0.717) is 50.2 Å². The quantitative estimate of drug-likeness (QED) is 0.0261. The molecule has 0 bridgehead atoms. The third-order valence-corrected chi connectivity index (χ3v) is 9.02. The molecule has 43 heavy (non-hydrogen) atoms. The van der Waals surface area contributed by atoms with Gasteiger partial charge in [0.1, 0.15) is 17.8 Å². The maximum absolute atomic E-state index is 13.2. The lowest BCUT2D eigenvalue weighted by molar-refractivity contribution is -0.131. The highest BCUT2D eigenvalue weighted by molar-refractivity contribution is 8.76. The second-order valence-corrected chi connectivity index (χ2v) is 12.8. The van der Waals surface area contributed by atoms with Crippen LogP contribution < -0.4 is 33.2 Å². The standard InChI is InChI=1S/C28H45N7O6S2/c1-18(37)12-21(27(41)35-25(19(2)38)13-20-5-7-23(39)8-6-20)9-11-42-43-24(14-32-16-26(29)40)15-34-22(17-36)4-3-10-33-28(30)31/h5-8,17,21-22,24-25,32,34,39H,3-4,9-16H2,1-2H3,(H2,29,40)(H,35,41)(H4,30,31,33)/t21?,22-,24?,25-/m0/s1/i2D. The number of hydrogen-bond acceptors (Lipinski definition) is 11. The van der Waals surface area contributed by atoms with Crippen LogP contribution in [-0.4, -0.2) is 90.0 Å². The number of aldehydes is 1. The van der Waals surface area contributed by atoms with E-state index in [0.717, 1.165) is 6.29 Å². The van der Waals surface area contributed by atoms with E-state index in [1.165, 1.54) is 40.6 Å². The molecule has 0 saturated carbocycles. The summed E-state index contributed by atoms with van der Waals surface area (Å²) in [6.07, 6.45) is 2.50. The summed E-state index contributed by atoms with van der Waals surface area (Å²) < 4.78 is 7.51. The van der Waals surface area contributed by atoms with Gasteiger partial charge < -0.3 is 47.8 Å². The van der Waals surface area contributed by atoms with E-state index >= 15 is 0 Å². The third-order valence-electron chi connectivity index (χ3n) is 6.15. The Kier molecular flexibility index (Phi) is 18.1. The number of nitrogens with two attached hydrogens (primary N) is 3. The number of carbonyl (C=O) groups excluding carboxylic acids is 5. The van der Waals surface area contributed by atoms with E-state index < -0.39 is 42.5 Å². The molecule has 0 saturated heterocycles. The second-order valence-electron chi connectivity index (χ2n) is 10.0. The molecule has 1 rings (SSSR count). The molecule has 1 aromatic rings. The van der Waals surface area contributed by atoms with Crippen molar-refractivity contribution in [2.45, 2.75) is 63.3 Å². The second kappa shape index (κ2) is 21.5. The van der Waals surface area contributed by atoms with Gasteiger partial charge in [-0.15, -0.1) is 0 Å². The lowest BCUT2D eigenvalue weighted by Crippen LogP contribution is -2.44. The largest absolute Gasteiger partial charge is 0.508 e. The molecule has 1 aromatic carbocycles. The zero-order chi connectivity index (χ0) is 32.9. The van der Waals surface area contributed by atoms with Gasteiger partial charge in [-0.25, -0.2) is 0 Å². The van der Waals surface area contributed by atoms with Crippen LogP contribution in [0.3, 0.4) is 0 Å². The SMILES string of the molecule is [2H]CC(=O)[C@H](Cc1ccc(O)cc1)NC(=O)C(CCSSC(CNCC(N)=O)CN[C@H](C=O)CCCN=C(N)N)CC(C)=O. The predicted octanol–water partition coefficient (Wildman–Crippen LogP) is 0.0295. The van der Waals surface area contributed by atoms with E-state index in [4.69, 9.17) is 18.6 Å². The Morgan fingerprint density at radius 2 is 1.84 bits per heavy atom. The van der Waals surface area contributed by atoms with Crippen molar-refractivity contribution >= 4 is 57.2 Å². The van der Waals surface area contributed by atoms with E-state index in [2.05, 4.69) is 20.9 Å². The summed E-state index contributed by atoms with van der Waals surface area (Å²) in [4.78, 5) is 64.2. The van der Waals surface area contributed by atoms with E-state index in [-0.39, 0.29) is 42.1 Å². The highest BCUT2D eigenvalue weighted by atomic mass is 33.1. The van der Waals surface area contributed by atoms with Crippen LogP contribution in [0.15, 0.2) is 29.3 Å². The van der Waals surface area contributed by atoms with Crippen molar-refractivity contribution in [3.8, 4) is 5.75 Å². The van der Waals surface area contributed by atoms with E-state index in [1.54, 1.807) is 12.1 Å². The van der Waals surface area contributed by atoms with Gasteiger partial charge >= 0.3 is 0 Å². The number of carbonyl (C=O) groups is 5. The average molecular weight is 641 g/mol. The van der Waals surface area contributed by atoms with Gasteiger partial charge in [0.15, 0.2) is 11.7 Å². The van der Waals surface area contributed by atoms with Crippen molar-refractivity contribution in [3.63, 3.8) is 0 Å². The van der Waals surface area contributed by atoms with Crippen LogP contribution in [0.25, 0.3) is 0 Å².